The molecule has 0 bridgehead atoms. The van der Waals surface area contributed by atoms with Gasteiger partial charge in [-0.15, -0.1) is 0 Å². The number of alkyl halides is 3. The molecule has 4 aromatic carbocycles. The Hall–Kier alpha value is -4.99. The van der Waals surface area contributed by atoms with Crippen LogP contribution in [-0.4, -0.2) is 21.6 Å². The second-order valence-electron chi connectivity index (χ2n) is 10.4. The van der Waals surface area contributed by atoms with Crippen molar-refractivity contribution in [1.82, 2.24) is 15.0 Å². The van der Waals surface area contributed by atoms with Crippen molar-refractivity contribution in [3.8, 4) is 23.1 Å². The van der Waals surface area contributed by atoms with Gasteiger partial charge in [0.15, 0.2) is 0 Å². The molecule has 1 N–H and O–H groups in total. The van der Waals surface area contributed by atoms with Crippen molar-refractivity contribution in [2.24, 2.45) is 0 Å². The normalized spacial score (nSPS) is 12.2. The van der Waals surface area contributed by atoms with E-state index in [9.17, 15) is 18.4 Å². The van der Waals surface area contributed by atoms with Crippen LogP contribution in [0.1, 0.15) is 24.0 Å². The Morgan fingerprint density at radius 3 is 1.86 bits per heavy atom. The summed E-state index contributed by atoms with van der Waals surface area (Å²) in [5, 5.41) is 13.6. The van der Waals surface area contributed by atoms with Crippen LogP contribution in [0.4, 0.5) is 13.2 Å². The second kappa shape index (κ2) is 11.9. The molecule has 0 aliphatic heterocycles. The molecule has 2 heterocycles. The van der Waals surface area contributed by atoms with Gasteiger partial charge in [-0.3, -0.25) is 0 Å². The number of fused-ring (bicyclic) bond motifs is 1. The van der Waals surface area contributed by atoms with Crippen LogP contribution < -0.4 is 20.7 Å². The summed E-state index contributed by atoms with van der Waals surface area (Å²) in [6.45, 7) is 1.73. The van der Waals surface area contributed by atoms with Crippen LogP contribution in [0.15, 0.2) is 115 Å². The zero-order valence-electron chi connectivity index (χ0n) is 23.8. The van der Waals surface area contributed by atoms with Crippen molar-refractivity contribution in [1.29, 1.82) is 5.26 Å². The summed E-state index contributed by atoms with van der Waals surface area (Å²) >= 11 is 0. The van der Waals surface area contributed by atoms with Crippen molar-refractivity contribution in [2.75, 3.05) is 6.61 Å². The molecule has 0 amide bonds. The predicted octanol–water partition coefficient (Wildman–Crippen LogP) is 7.14. The molecule has 0 radical (unpaired) electrons. The van der Waals surface area contributed by atoms with Crippen LogP contribution in [-0.2, 0) is 12.3 Å². The molecule has 9 heteroatoms. The van der Waals surface area contributed by atoms with E-state index in [2.05, 4.69) is 52.4 Å². The number of ether oxygens (including phenoxy) is 1. The van der Waals surface area contributed by atoms with Crippen molar-refractivity contribution >= 4 is 34.2 Å². The van der Waals surface area contributed by atoms with E-state index in [1.165, 1.54) is 28.0 Å². The van der Waals surface area contributed by atoms with E-state index in [0.717, 1.165) is 6.07 Å². The first-order valence-corrected chi connectivity index (χ1v) is 16.3. The van der Waals surface area contributed by atoms with Crippen molar-refractivity contribution in [2.45, 2.75) is 19.3 Å². The summed E-state index contributed by atoms with van der Waals surface area (Å²) in [6, 6.07) is 38.7. The number of nitrogens with one attached hydrogen (secondary N) is 1. The van der Waals surface area contributed by atoms with Crippen LogP contribution in [0.2, 0.25) is 0 Å². The number of H-pyrrole nitrogens is 1. The number of aromatic nitrogens is 3. The fourth-order valence-corrected chi connectivity index (χ4v) is 10.4. The third-order valence-corrected chi connectivity index (χ3v) is 12.6. The van der Waals surface area contributed by atoms with Gasteiger partial charge in [0.1, 0.15) is 0 Å². The summed E-state index contributed by atoms with van der Waals surface area (Å²) in [7, 11) is -2.71. The van der Waals surface area contributed by atoms with Crippen LogP contribution in [0.3, 0.4) is 0 Å². The third kappa shape index (κ3) is 5.43. The number of nitriles is 1. The SMILES string of the molecule is CCOc1ccc(-c2cc3[nH]c(C[PH](c4ccccc4)(c4ccccc4)c4ccccc4)nc3c(C#N)n2)cc1C(F)(F)F. The molecule has 0 fully saturated rings. The Morgan fingerprint density at radius 1 is 0.795 bits per heavy atom. The molecule has 220 valence electrons. The van der Waals surface area contributed by atoms with Gasteiger partial charge in [-0.05, 0) is 6.92 Å². The number of pyridine rings is 1. The van der Waals surface area contributed by atoms with Gasteiger partial charge in [0.2, 0.25) is 0 Å². The number of aromatic amines is 1. The van der Waals surface area contributed by atoms with Gasteiger partial charge in [-0.2, -0.15) is 0 Å². The molecular formula is C35H28F3N4OP. The molecule has 0 spiro atoms. The number of rotatable bonds is 8. The van der Waals surface area contributed by atoms with Gasteiger partial charge >= 0.3 is 247 Å². The molecule has 6 aromatic rings. The van der Waals surface area contributed by atoms with Crippen LogP contribution >= 0.6 is 7.26 Å². The molecule has 0 aliphatic carbocycles. The Labute approximate surface area is 253 Å². The Morgan fingerprint density at radius 2 is 1.36 bits per heavy atom. The summed E-state index contributed by atoms with van der Waals surface area (Å²) in [5.74, 6) is 0.416. The van der Waals surface area contributed by atoms with E-state index in [4.69, 9.17) is 9.72 Å². The zero-order valence-corrected chi connectivity index (χ0v) is 24.8. The van der Waals surface area contributed by atoms with Crippen molar-refractivity contribution in [3.05, 3.63) is 132 Å². The molecule has 0 saturated carbocycles. The predicted molar refractivity (Wildman–Crippen MR) is 170 cm³/mol. The van der Waals surface area contributed by atoms with Gasteiger partial charge in [0, 0.05) is 0 Å². The topological polar surface area (TPSA) is 74.6 Å². The summed E-state index contributed by atoms with van der Waals surface area (Å²) in [5.41, 5.74) is 0.500. The Balaban J connectivity index is 1.51. The Bertz CT molecular complexity index is 1860. The van der Waals surface area contributed by atoms with Crippen LogP contribution in [0, 0.1) is 11.3 Å². The van der Waals surface area contributed by atoms with E-state index < -0.39 is 19.0 Å². The summed E-state index contributed by atoms with van der Waals surface area (Å²) < 4.78 is 46.9. The molecule has 0 aliphatic rings. The van der Waals surface area contributed by atoms with Gasteiger partial charge in [0.05, 0.1) is 0 Å². The quantitative estimate of drug-likeness (QED) is 0.187. The molecule has 0 atom stereocenters. The van der Waals surface area contributed by atoms with Crippen LogP contribution in [0.5, 0.6) is 5.75 Å². The fourth-order valence-electron chi connectivity index (χ4n) is 5.79. The first-order chi connectivity index (χ1) is 21.3. The fraction of sp³-hybridized carbons (Fsp3) is 0.114. The second-order valence-corrected chi connectivity index (χ2v) is 14.3. The number of hydrogen-bond acceptors (Lipinski definition) is 4. The zero-order chi connectivity index (χ0) is 30.7. The van der Waals surface area contributed by atoms with Gasteiger partial charge in [-0.1, -0.05) is 0 Å². The van der Waals surface area contributed by atoms with Crippen LogP contribution in [0.25, 0.3) is 22.3 Å². The minimum atomic E-state index is -4.62. The number of benzene rings is 4. The van der Waals surface area contributed by atoms with Gasteiger partial charge in [-0.25, -0.2) is 0 Å². The van der Waals surface area contributed by atoms with Crippen molar-refractivity contribution in [3.63, 3.8) is 0 Å². The van der Waals surface area contributed by atoms with E-state index in [-0.39, 0.29) is 29.3 Å². The standard InChI is InChI=1S/C35H28F3N4OP/c1-2-43-32-19-18-24(20-28(32)35(36,37)38)29-21-30-34(31(22-39)40-29)42-33(41-30)23-44(25-12-6-3-7-13-25,26-14-8-4-9-15-26)27-16-10-5-11-17-27/h3-21,44H,2,23H2,1H3,(H,41,42). The van der Waals surface area contributed by atoms with E-state index in [1.807, 2.05) is 54.6 Å². The molecule has 5 nitrogen and oxygen atoms in total. The summed E-state index contributed by atoms with van der Waals surface area (Å²) in [4.78, 5) is 12.7. The monoisotopic (exact) mass is 608 g/mol. The Kier molecular flexibility index (Phi) is 7.90. The third-order valence-electron chi connectivity index (χ3n) is 7.74. The van der Waals surface area contributed by atoms with Gasteiger partial charge < -0.3 is 0 Å². The number of nitrogens with zero attached hydrogens (tertiary/aromatic N) is 3. The molecular weight excluding hydrogens is 580 g/mol. The van der Waals surface area contributed by atoms with Gasteiger partial charge in [0.25, 0.3) is 0 Å². The minimum absolute atomic E-state index is 0.0360. The average Bonchev–Trinajstić information content (AvgIpc) is 3.47. The van der Waals surface area contributed by atoms with E-state index in [0.29, 0.717) is 23.0 Å². The maximum atomic E-state index is 13.9. The van der Waals surface area contributed by atoms with E-state index >= 15 is 0 Å². The molecule has 0 saturated heterocycles. The first-order valence-electron chi connectivity index (χ1n) is 14.1. The number of halogens is 3. The summed E-state index contributed by atoms with van der Waals surface area (Å²) in [6.07, 6.45) is -4.06. The van der Waals surface area contributed by atoms with Crippen molar-refractivity contribution < 1.29 is 17.9 Å². The molecule has 2 aromatic heterocycles. The molecule has 6 rings (SSSR count). The average molecular weight is 609 g/mol. The molecule has 0 unspecified atom stereocenters. The van der Waals surface area contributed by atoms with E-state index in [1.54, 1.807) is 13.0 Å². The first kappa shape index (κ1) is 29.1. The number of hydrogen-bond donors (Lipinski definition) is 1. The molecule has 44 heavy (non-hydrogen) atoms. The maximum absolute atomic E-state index is 13.9. The number of imidazole rings is 1.